The van der Waals surface area contributed by atoms with Crippen molar-refractivity contribution in [3.8, 4) is 0 Å². The second-order valence-electron chi connectivity index (χ2n) is 3.78. The highest BCUT2D eigenvalue weighted by Gasteiger charge is 2.05. The van der Waals surface area contributed by atoms with Crippen LogP contribution in [0.1, 0.15) is 5.56 Å². The van der Waals surface area contributed by atoms with Crippen molar-refractivity contribution in [1.29, 1.82) is 0 Å². The molecule has 102 valence electrons. The molecule has 3 N–H and O–H groups in total. The first-order chi connectivity index (χ1) is 9.75. The first-order valence-electron chi connectivity index (χ1n) is 5.81. The van der Waals surface area contributed by atoms with Gasteiger partial charge in [-0.15, -0.1) is 0 Å². The minimum Gasteiger partial charge on any atom is -0.367 e. The van der Waals surface area contributed by atoms with E-state index in [9.17, 15) is 4.79 Å². The molecule has 1 aromatic carbocycles. The number of hydrogen-bond acceptors (Lipinski definition) is 6. The summed E-state index contributed by atoms with van der Waals surface area (Å²) in [5, 5.41) is 14.1. The van der Waals surface area contributed by atoms with E-state index in [1.165, 1.54) is 10.9 Å². The quantitative estimate of drug-likeness (QED) is 0.590. The van der Waals surface area contributed by atoms with Gasteiger partial charge in [0, 0.05) is 6.21 Å². The second-order valence-corrected chi connectivity index (χ2v) is 3.78. The van der Waals surface area contributed by atoms with Crippen LogP contribution in [0.5, 0.6) is 0 Å². The molecule has 1 heterocycles. The van der Waals surface area contributed by atoms with Crippen LogP contribution in [0.2, 0.25) is 0 Å². The Morgan fingerprint density at radius 1 is 1.40 bits per heavy atom. The summed E-state index contributed by atoms with van der Waals surface area (Å²) in [7, 11) is 0. The predicted octanol–water partition coefficient (Wildman–Crippen LogP) is 0.0707. The molecule has 0 fully saturated rings. The van der Waals surface area contributed by atoms with Gasteiger partial charge in [-0.2, -0.15) is 5.10 Å². The predicted molar refractivity (Wildman–Crippen MR) is 74.3 cm³/mol. The lowest BCUT2D eigenvalue weighted by Gasteiger charge is -1.99. The number of rotatable bonds is 5. The molecule has 1 amide bonds. The Morgan fingerprint density at radius 2 is 2.20 bits per heavy atom. The van der Waals surface area contributed by atoms with Crippen LogP contribution in [0.3, 0.4) is 0 Å². The zero-order valence-corrected chi connectivity index (χ0v) is 10.5. The van der Waals surface area contributed by atoms with Crippen LogP contribution in [0.4, 0.5) is 5.95 Å². The van der Waals surface area contributed by atoms with Crippen molar-refractivity contribution in [1.82, 2.24) is 25.6 Å². The third-order valence-corrected chi connectivity index (χ3v) is 2.29. The molecule has 1 aromatic heterocycles. The smallest absolute Gasteiger partial charge is 0.261 e. The van der Waals surface area contributed by atoms with Gasteiger partial charge in [-0.05, 0) is 22.1 Å². The van der Waals surface area contributed by atoms with Crippen molar-refractivity contribution in [2.75, 3.05) is 5.73 Å². The lowest BCUT2D eigenvalue weighted by molar-refractivity contribution is -0.121. The third-order valence-electron chi connectivity index (χ3n) is 2.29. The minimum absolute atomic E-state index is 0.0769. The SMILES string of the molecule is Nc1nnnn1CC(=O)N/N=C\C=C/c1ccccc1. The van der Waals surface area contributed by atoms with Crippen LogP contribution in [0.25, 0.3) is 6.08 Å². The first-order valence-corrected chi connectivity index (χ1v) is 5.81. The molecule has 0 saturated heterocycles. The normalized spacial score (nSPS) is 11.2. The lowest BCUT2D eigenvalue weighted by Crippen LogP contribution is -2.24. The Bertz CT molecular complexity index is 618. The zero-order chi connectivity index (χ0) is 14.2. The zero-order valence-electron chi connectivity index (χ0n) is 10.5. The Balaban J connectivity index is 1.77. The number of nitrogens with two attached hydrogens (primary N) is 1. The molecule has 0 aliphatic heterocycles. The van der Waals surface area contributed by atoms with Gasteiger partial charge in [-0.1, -0.05) is 41.5 Å². The molecule has 2 rings (SSSR count). The van der Waals surface area contributed by atoms with E-state index in [0.717, 1.165) is 5.56 Å². The maximum Gasteiger partial charge on any atom is 0.261 e. The Hall–Kier alpha value is -3.03. The summed E-state index contributed by atoms with van der Waals surface area (Å²) >= 11 is 0. The fourth-order valence-corrected chi connectivity index (χ4v) is 1.37. The molecule has 0 bridgehead atoms. The van der Waals surface area contributed by atoms with Crippen molar-refractivity contribution >= 4 is 24.1 Å². The summed E-state index contributed by atoms with van der Waals surface area (Å²) in [6.07, 6.45) is 5.07. The maximum absolute atomic E-state index is 11.5. The number of nitrogens with zero attached hydrogens (tertiary/aromatic N) is 5. The number of benzene rings is 1. The molecule has 20 heavy (non-hydrogen) atoms. The summed E-state index contributed by atoms with van der Waals surface area (Å²) in [5.74, 6) is -0.290. The molecule has 0 unspecified atom stereocenters. The van der Waals surface area contributed by atoms with Crippen LogP contribution in [-0.2, 0) is 11.3 Å². The number of nitrogen functional groups attached to an aromatic ring is 1. The van der Waals surface area contributed by atoms with E-state index in [1.807, 2.05) is 36.4 Å². The number of amides is 1. The van der Waals surface area contributed by atoms with Crippen molar-refractivity contribution in [2.24, 2.45) is 5.10 Å². The molecule has 8 nitrogen and oxygen atoms in total. The van der Waals surface area contributed by atoms with E-state index < -0.39 is 0 Å². The molecule has 0 spiro atoms. The topological polar surface area (TPSA) is 111 Å². The van der Waals surface area contributed by atoms with Gasteiger partial charge in [0.25, 0.3) is 5.91 Å². The number of carbonyl (C=O) groups is 1. The van der Waals surface area contributed by atoms with Gasteiger partial charge in [-0.25, -0.2) is 10.1 Å². The van der Waals surface area contributed by atoms with Gasteiger partial charge in [0.2, 0.25) is 5.95 Å². The van der Waals surface area contributed by atoms with Gasteiger partial charge in [-0.3, -0.25) is 4.79 Å². The maximum atomic E-state index is 11.5. The summed E-state index contributed by atoms with van der Waals surface area (Å²) in [4.78, 5) is 11.5. The number of hydrogen-bond donors (Lipinski definition) is 2. The molecule has 8 heteroatoms. The van der Waals surface area contributed by atoms with Crippen LogP contribution in [0, 0.1) is 0 Å². The van der Waals surface area contributed by atoms with Gasteiger partial charge in [0.1, 0.15) is 6.54 Å². The largest absolute Gasteiger partial charge is 0.367 e. The Morgan fingerprint density at radius 3 is 2.90 bits per heavy atom. The number of hydrazone groups is 1. The molecule has 0 radical (unpaired) electrons. The number of nitrogens with one attached hydrogen (secondary N) is 1. The van der Waals surface area contributed by atoms with E-state index in [4.69, 9.17) is 5.73 Å². The average molecular weight is 271 g/mol. The number of allylic oxidation sites excluding steroid dienone is 1. The first kappa shape index (κ1) is 13.4. The van der Waals surface area contributed by atoms with Crippen molar-refractivity contribution < 1.29 is 4.79 Å². The van der Waals surface area contributed by atoms with E-state index in [-0.39, 0.29) is 18.4 Å². The average Bonchev–Trinajstić information content (AvgIpc) is 2.85. The van der Waals surface area contributed by atoms with Crippen molar-refractivity contribution in [3.63, 3.8) is 0 Å². The van der Waals surface area contributed by atoms with Crippen molar-refractivity contribution in [2.45, 2.75) is 6.54 Å². The highest BCUT2D eigenvalue weighted by atomic mass is 16.2. The van der Waals surface area contributed by atoms with Gasteiger partial charge in [0.05, 0.1) is 0 Å². The van der Waals surface area contributed by atoms with Gasteiger partial charge < -0.3 is 5.73 Å². The summed E-state index contributed by atoms with van der Waals surface area (Å²) in [5.41, 5.74) is 8.82. The van der Waals surface area contributed by atoms with Gasteiger partial charge in [0.15, 0.2) is 0 Å². The van der Waals surface area contributed by atoms with Crippen LogP contribution >= 0.6 is 0 Å². The molecule has 0 aliphatic carbocycles. The van der Waals surface area contributed by atoms with E-state index in [1.54, 1.807) is 6.08 Å². The van der Waals surface area contributed by atoms with Crippen LogP contribution in [0.15, 0.2) is 41.5 Å². The molecule has 0 atom stereocenters. The lowest BCUT2D eigenvalue weighted by atomic mass is 10.2. The molecule has 0 saturated carbocycles. The van der Waals surface area contributed by atoms with E-state index >= 15 is 0 Å². The molecular weight excluding hydrogens is 258 g/mol. The number of tetrazole rings is 1. The van der Waals surface area contributed by atoms with Crippen molar-refractivity contribution in [3.05, 3.63) is 42.0 Å². The number of anilines is 1. The standard InChI is InChI=1S/C12H13N7O/c13-12-16-17-18-19(12)9-11(20)15-14-8-4-7-10-5-2-1-3-6-10/h1-8H,9H2,(H,15,20)(H2,13,16,18)/b7-4-,14-8-. The third kappa shape index (κ3) is 4.02. The van der Waals surface area contributed by atoms with Crippen LogP contribution < -0.4 is 11.2 Å². The van der Waals surface area contributed by atoms with Crippen LogP contribution in [-0.4, -0.2) is 32.3 Å². The highest BCUT2D eigenvalue weighted by Crippen LogP contribution is 1.99. The van der Waals surface area contributed by atoms with E-state index in [2.05, 4.69) is 26.1 Å². The summed E-state index contributed by atoms with van der Waals surface area (Å²) in [6.45, 7) is -0.0847. The number of carbonyl (C=O) groups excluding carboxylic acids is 1. The second kappa shape index (κ2) is 6.78. The Labute approximate surface area is 115 Å². The molecule has 2 aromatic rings. The fraction of sp³-hybridized carbons (Fsp3) is 0.0833. The summed E-state index contributed by atoms with van der Waals surface area (Å²) < 4.78 is 1.17. The minimum atomic E-state index is -0.367. The highest BCUT2D eigenvalue weighted by molar-refractivity contribution is 5.81. The molecular formula is C12H13N7O. The summed E-state index contributed by atoms with van der Waals surface area (Å²) in [6, 6.07) is 9.74. The van der Waals surface area contributed by atoms with E-state index in [0.29, 0.717) is 0 Å². The fourth-order valence-electron chi connectivity index (χ4n) is 1.37. The Kier molecular flexibility index (Phi) is 4.55. The van der Waals surface area contributed by atoms with Gasteiger partial charge >= 0.3 is 0 Å². The molecule has 0 aliphatic rings. The number of aromatic nitrogens is 4. The monoisotopic (exact) mass is 271 g/mol.